The van der Waals surface area contributed by atoms with E-state index in [2.05, 4.69) is 21.2 Å². The van der Waals surface area contributed by atoms with Crippen molar-refractivity contribution < 1.29 is 9.90 Å². The number of hydrogen-bond donors (Lipinski definition) is 2. The fraction of sp³-hybridized carbons (Fsp3) is 0.308. The largest absolute Gasteiger partial charge is 0.395 e. The van der Waals surface area contributed by atoms with Crippen LogP contribution in [0.1, 0.15) is 10.4 Å². The number of nitrogens with zero attached hydrogens (tertiary/aromatic N) is 1. The molecule has 1 aliphatic rings. The van der Waals surface area contributed by atoms with Crippen LogP contribution in [0.4, 0.5) is 0 Å². The van der Waals surface area contributed by atoms with Gasteiger partial charge in [0.2, 0.25) is 0 Å². The van der Waals surface area contributed by atoms with E-state index in [4.69, 9.17) is 5.11 Å². The van der Waals surface area contributed by atoms with Crippen LogP contribution in [-0.2, 0) is 0 Å². The van der Waals surface area contributed by atoms with E-state index < -0.39 is 0 Å². The topological polar surface area (TPSA) is 52.6 Å². The van der Waals surface area contributed by atoms with Crippen LogP contribution in [-0.4, -0.2) is 42.0 Å². The highest BCUT2D eigenvalue weighted by atomic mass is 79.9. The number of aliphatic hydroxyl groups excluding tert-OH is 1. The second-order valence-electron chi connectivity index (χ2n) is 4.04. The number of halogens is 1. The minimum absolute atomic E-state index is 0.0326. The predicted octanol–water partition coefficient (Wildman–Crippen LogP) is 1.37. The number of ketones is 1. The van der Waals surface area contributed by atoms with Crippen molar-refractivity contribution in [2.75, 3.05) is 26.2 Å². The molecule has 5 heteroatoms. The molecule has 18 heavy (non-hydrogen) atoms. The zero-order chi connectivity index (χ0) is 13.0. The maximum Gasteiger partial charge on any atom is 0.189 e. The van der Waals surface area contributed by atoms with E-state index in [9.17, 15) is 4.79 Å². The van der Waals surface area contributed by atoms with E-state index in [1.807, 2.05) is 17.0 Å². The normalized spacial score (nSPS) is 17.0. The maximum atomic E-state index is 12.0. The molecule has 0 bridgehead atoms. The van der Waals surface area contributed by atoms with Crippen molar-refractivity contribution in [1.82, 2.24) is 10.2 Å². The zero-order valence-corrected chi connectivity index (χ0v) is 11.5. The third kappa shape index (κ3) is 3.11. The van der Waals surface area contributed by atoms with Gasteiger partial charge in [-0.1, -0.05) is 15.9 Å². The molecule has 1 heterocycles. The molecule has 0 radical (unpaired) electrons. The number of aliphatic hydroxyl groups is 1. The Morgan fingerprint density at radius 2 is 2.17 bits per heavy atom. The Balaban J connectivity index is 2.12. The van der Waals surface area contributed by atoms with Crippen LogP contribution in [0.3, 0.4) is 0 Å². The van der Waals surface area contributed by atoms with Gasteiger partial charge in [0.05, 0.1) is 6.61 Å². The van der Waals surface area contributed by atoms with E-state index in [-0.39, 0.29) is 12.4 Å². The lowest BCUT2D eigenvalue weighted by molar-refractivity contribution is 0.104. The molecule has 0 amide bonds. The summed E-state index contributed by atoms with van der Waals surface area (Å²) >= 11 is 3.34. The fourth-order valence-corrected chi connectivity index (χ4v) is 2.13. The summed E-state index contributed by atoms with van der Waals surface area (Å²) < 4.78 is 0.951. The Kier molecular flexibility index (Phi) is 4.38. The molecule has 4 nitrogen and oxygen atoms in total. The Morgan fingerprint density at radius 1 is 1.44 bits per heavy atom. The van der Waals surface area contributed by atoms with Gasteiger partial charge in [-0.05, 0) is 24.3 Å². The summed E-state index contributed by atoms with van der Waals surface area (Å²) in [5.74, 6) is 0.756. The van der Waals surface area contributed by atoms with Gasteiger partial charge in [0.1, 0.15) is 5.82 Å². The fourth-order valence-electron chi connectivity index (χ4n) is 1.87. The molecule has 1 aliphatic heterocycles. The average Bonchev–Trinajstić information content (AvgIpc) is 2.78. The number of benzene rings is 1. The Morgan fingerprint density at radius 3 is 2.83 bits per heavy atom. The van der Waals surface area contributed by atoms with Gasteiger partial charge in [0.25, 0.3) is 0 Å². The van der Waals surface area contributed by atoms with Gasteiger partial charge in [0.15, 0.2) is 5.78 Å². The lowest BCUT2D eigenvalue weighted by Gasteiger charge is -2.16. The summed E-state index contributed by atoms with van der Waals surface area (Å²) in [4.78, 5) is 14.0. The average molecular weight is 311 g/mol. The summed E-state index contributed by atoms with van der Waals surface area (Å²) in [5, 5.41) is 12.1. The standard InChI is InChI=1S/C13H15BrN2O2/c14-11-3-1-10(2-4-11)12(18)9-13-15-5-6-16(13)7-8-17/h1-4,9,15,17H,5-8H2/b13-9+. The Bertz CT molecular complexity index is 457. The highest BCUT2D eigenvalue weighted by molar-refractivity contribution is 9.10. The first-order valence-electron chi connectivity index (χ1n) is 5.82. The number of carbonyl (C=O) groups excluding carboxylic acids is 1. The molecule has 1 saturated heterocycles. The van der Waals surface area contributed by atoms with Crippen LogP contribution in [0.25, 0.3) is 0 Å². The minimum atomic E-state index is -0.0326. The molecule has 1 aromatic rings. The summed E-state index contributed by atoms with van der Waals surface area (Å²) in [6, 6.07) is 7.27. The van der Waals surface area contributed by atoms with Crippen LogP contribution in [0.5, 0.6) is 0 Å². The van der Waals surface area contributed by atoms with Crippen LogP contribution in [0.2, 0.25) is 0 Å². The van der Waals surface area contributed by atoms with Crippen molar-refractivity contribution >= 4 is 21.7 Å². The number of carbonyl (C=O) groups is 1. The molecular weight excluding hydrogens is 296 g/mol. The number of β-amino-alcohol motifs (C(OH)–C–C–N with tert-alkyl or cyclic N) is 1. The van der Waals surface area contributed by atoms with E-state index in [0.29, 0.717) is 12.1 Å². The number of rotatable bonds is 4. The highest BCUT2D eigenvalue weighted by Crippen LogP contribution is 2.13. The van der Waals surface area contributed by atoms with Gasteiger partial charge in [-0.3, -0.25) is 4.79 Å². The summed E-state index contributed by atoms with van der Waals surface area (Å²) in [6.07, 6.45) is 1.59. The molecular formula is C13H15BrN2O2. The van der Waals surface area contributed by atoms with Crippen LogP contribution < -0.4 is 5.32 Å². The summed E-state index contributed by atoms with van der Waals surface area (Å²) in [7, 11) is 0. The maximum absolute atomic E-state index is 12.0. The van der Waals surface area contributed by atoms with Gasteiger partial charge >= 0.3 is 0 Å². The van der Waals surface area contributed by atoms with Gasteiger partial charge in [-0.15, -0.1) is 0 Å². The molecule has 0 saturated carbocycles. The summed E-state index contributed by atoms with van der Waals surface area (Å²) in [5.41, 5.74) is 0.656. The SMILES string of the molecule is O=C(/C=C1\NCCN1CCO)c1ccc(Br)cc1. The van der Waals surface area contributed by atoms with Gasteiger partial charge < -0.3 is 15.3 Å². The molecule has 96 valence electrons. The Hall–Kier alpha value is -1.33. The van der Waals surface area contributed by atoms with Crippen molar-refractivity contribution in [2.45, 2.75) is 0 Å². The molecule has 0 aromatic heterocycles. The number of nitrogens with one attached hydrogen (secondary N) is 1. The van der Waals surface area contributed by atoms with Crippen LogP contribution in [0.15, 0.2) is 40.6 Å². The molecule has 2 rings (SSSR count). The smallest absolute Gasteiger partial charge is 0.189 e. The van der Waals surface area contributed by atoms with E-state index >= 15 is 0 Å². The first-order chi connectivity index (χ1) is 8.70. The quantitative estimate of drug-likeness (QED) is 0.651. The monoisotopic (exact) mass is 310 g/mol. The molecule has 0 unspecified atom stereocenters. The van der Waals surface area contributed by atoms with Crippen molar-refractivity contribution in [3.8, 4) is 0 Å². The van der Waals surface area contributed by atoms with Gasteiger partial charge in [-0.25, -0.2) is 0 Å². The Labute approximate surface area is 114 Å². The highest BCUT2D eigenvalue weighted by Gasteiger charge is 2.16. The molecule has 0 spiro atoms. The molecule has 0 aliphatic carbocycles. The first-order valence-corrected chi connectivity index (χ1v) is 6.61. The lowest BCUT2D eigenvalue weighted by atomic mass is 10.1. The van der Waals surface area contributed by atoms with Crippen molar-refractivity contribution in [3.63, 3.8) is 0 Å². The predicted molar refractivity (Wildman–Crippen MR) is 73.2 cm³/mol. The lowest BCUT2D eigenvalue weighted by Crippen LogP contribution is -2.24. The molecule has 0 atom stereocenters. The summed E-state index contributed by atoms with van der Waals surface area (Å²) in [6.45, 7) is 2.26. The molecule has 2 N–H and O–H groups in total. The second-order valence-corrected chi connectivity index (χ2v) is 4.95. The van der Waals surface area contributed by atoms with Crippen LogP contribution in [0, 0.1) is 0 Å². The zero-order valence-electron chi connectivity index (χ0n) is 9.90. The van der Waals surface area contributed by atoms with Gasteiger partial charge in [-0.2, -0.15) is 0 Å². The minimum Gasteiger partial charge on any atom is -0.395 e. The second kappa shape index (κ2) is 6.02. The van der Waals surface area contributed by atoms with Gasteiger partial charge in [0, 0.05) is 35.7 Å². The third-order valence-corrected chi connectivity index (χ3v) is 3.32. The van der Waals surface area contributed by atoms with Crippen LogP contribution >= 0.6 is 15.9 Å². The molecule has 1 fully saturated rings. The number of allylic oxidation sites excluding steroid dienone is 1. The van der Waals surface area contributed by atoms with E-state index in [1.54, 1.807) is 18.2 Å². The third-order valence-electron chi connectivity index (χ3n) is 2.79. The van der Waals surface area contributed by atoms with Crippen molar-refractivity contribution in [2.24, 2.45) is 0 Å². The molecule has 1 aromatic carbocycles. The van der Waals surface area contributed by atoms with E-state index in [0.717, 1.165) is 23.4 Å². The number of hydrogen-bond acceptors (Lipinski definition) is 4. The van der Waals surface area contributed by atoms with Crippen molar-refractivity contribution in [3.05, 3.63) is 46.2 Å². The van der Waals surface area contributed by atoms with Crippen molar-refractivity contribution in [1.29, 1.82) is 0 Å². The first kappa shape index (κ1) is 13.1. The van der Waals surface area contributed by atoms with E-state index in [1.165, 1.54) is 0 Å².